The predicted molar refractivity (Wildman–Crippen MR) is 143 cm³/mol. The van der Waals surface area contributed by atoms with Gasteiger partial charge < -0.3 is 19.5 Å². The van der Waals surface area contributed by atoms with Crippen molar-refractivity contribution in [2.45, 2.75) is 0 Å². The summed E-state index contributed by atoms with van der Waals surface area (Å²) in [5.41, 5.74) is 4.13. The molecule has 2 heterocycles. The Hall–Kier alpha value is -2.98. The van der Waals surface area contributed by atoms with Crippen LogP contribution >= 0.6 is 31.9 Å². The summed E-state index contributed by atoms with van der Waals surface area (Å²) in [6, 6.07) is 28.2. The summed E-state index contributed by atoms with van der Waals surface area (Å²) in [6.45, 7) is 0.715. The summed E-state index contributed by atoms with van der Waals surface area (Å²) in [5.74, 6) is -0.531. The van der Waals surface area contributed by atoms with Crippen LogP contribution in [-0.2, 0) is 19.1 Å². The third-order valence-electron chi connectivity index (χ3n) is 4.88. The number of cyclic esters (lactones) is 2. The summed E-state index contributed by atoms with van der Waals surface area (Å²) < 4.78 is 11.0. The van der Waals surface area contributed by atoms with Crippen LogP contribution in [-0.4, -0.2) is 42.3 Å². The van der Waals surface area contributed by atoms with Gasteiger partial charge in [0.05, 0.1) is 10.1 Å². The Kier molecular flexibility index (Phi) is 10.0. The van der Waals surface area contributed by atoms with Crippen molar-refractivity contribution in [3.8, 4) is 0 Å². The van der Waals surface area contributed by atoms with Crippen molar-refractivity contribution < 1.29 is 29.1 Å². The Morgan fingerprint density at radius 2 is 1.14 bits per heavy atom. The normalized spacial score (nSPS) is 14.4. The number of hydrogen-bond acceptors (Lipinski definition) is 6. The molecule has 0 unspecified atom stereocenters. The van der Waals surface area contributed by atoms with Crippen LogP contribution in [0.3, 0.4) is 0 Å². The van der Waals surface area contributed by atoms with Crippen molar-refractivity contribution in [1.82, 2.24) is 0 Å². The topological polar surface area (TPSA) is 93.1 Å². The number of hydrogen-bond donors (Lipinski definition) is 2. The van der Waals surface area contributed by atoms with E-state index in [9.17, 15) is 9.59 Å². The van der Waals surface area contributed by atoms with E-state index in [0.29, 0.717) is 28.7 Å². The minimum atomic E-state index is -1.34. The molecule has 0 aliphatic carbocycles. The van der Waals surface area contributed by atoms with Gasteiger partial charge in [-0.15, -0.1) is 0 Å². The highest BCUT2D eigenvalue weighted by atomic mass is 79.9. The molecule has 3 aromatic rings. The zero-order chi connectivity index (χ0) is 25.2. The molecule has 0 aromatic heterocycles. The molecular formula is C26H21BBr2O6. The summed E-state index contributed by atoms with van der Waals surface area (Å²) in [6.07, 6.45) is 0. The lowest BCUT2D eigenvalue weighted by Gasteiger charge is -2.03. The molecule has 5 rings (SSSR count). The number of rotatable bonds is 3. The van der Waals surface area contributed by atoms with E-state index in [1.54, 1.807) is 24.3 Å². The van der Waals surface area contributed by atoms with E-state index in [2.05, 4.69) is 36.6 Å². The van der Waals surface area contributed by atoms with Crippen molar-refractivity contribution in [1.29, 1.82) is 0 Å². The third-order valence-corrected chi connectivity index (χ3v) is 6.84. The lowest BCUT2D eigenvalue weighted by Crippen LogP contribution is -2.29. The Balaban J connectivity index is 0.000000168. The van der Waals surface area contributed by atoms with Crippen molar-refractivity contribution in [2.75, 3.05) is 13.2 Å². The Morgan fingerprint density at radius 1 is 0.657 bits per heavy atom. The molecule has 2 N–H and O–H groups in total. The highest BCUT2D eigenvalue weighted by Gasteiger charge is 2.26. The first kappa shape index (κ1) is 26.6. The SMILES string of the molecule is O=C1OCC(Br)=C1Br.O=C1OCC(c2ccccc2)=C1c1ccccc1.OB(O)c1ccccc1. The highest BCUT2D eigenvalue weighted by molar-refractivity contribution is 9.14. The number of halogens is 2. The summed E-state index contributed by atoms with van der Waals surface area (Å²) in [5, 5.41) is 17.2. The molecule has 2 aliphatic rings. The zero-order valence-electron chi connectivity index (χ0n) is 18.4. The molecule has 35 heavy (non-hydrogen) atoms. The molecule has 0 spiro atoms. The fraction of sp³-hybridized carbons (Fsp3) is 0.0769. The van der Waals surface area contributed by atoms with Gasteiger partial charge in [0.25, 0.3) is 0 Å². The van der Waals surface area contributed by atoms with Crippen molar-refractivity contribution in [3.63, 3.8) is 0 Å². The average molecular weight is 600 g/mol. The van der Waals surface area contributed by atoms with E-state index in [1.165, 1.54) is 0 Å². The molecule has 0 bridgehead atoms. The largest absolute Gasteiger partial charge is 0.488 e. The Bertz CT molecular complexity index is 1210. The molecule has 0 saturated carbocycles. The molecule has 6 nitrogen and oxygen atoms in total. The van der Waals surface area contributed by atoms with Crippen LogP contribution in [0.25, 0.3) is 11.1 Å². The summed E-state index contributed by atoms with van der Waals surface area (Å²) >= 11 is 6.16. The molecule has 3 aromatic carbocycles. The van der Waals surface area contributed by atoms with Gasteiger partial charge in [-0.2, -0.15) is 0 Å². The number of esters is 2. The Labute approximate surface area is 220 Å². The van der Waals surface area contributed by atoms with Crippen molar-refractivity contribution in [3.05, 3.63) is 111 Å². The van der Waals surface area contributed by atoms with E-state index < -0.39 is 7.12 Å². The van der Waals surface area contributed by atoms with E-state index in [-0.39, 0.29) is 11.9 Å². The van der Waals surface area contributed by atoms with Gasteiger partial charge in [0.15, 0.2) is 0 Å². The molecule has 0 saturated heterocycles. The quantitative estimate of drug-likeness (QED) is 0.348. The highest BCUT2D eigenvalue weighted by Crippen LogP contribution is 2.32. The molecule has 2 aliphatic heterocycles. The standard InChI is InChI=1S/C16H12O2.C6H7BO2.C4H2Br2O2/c17-16-15(13-9-5-2-6-10-13)14(11-18-16)12-7-3-1-4-8-12;8-7(9)6-4-2-1-3-5-6;5-2-1-8-4(7)3(2)6/h1-10H,11H2;1-5,8-9H;1H2. The van der Waals surface area contributed by atoms with Gasteiger partial charge in [-0.1, -0.05) is 107 Å². The molecule has 178 valence electrons. The van der Waals surface area contributed by atoms with Gasteiger partial charge in [0.2, 0.25) is 0 Å². The fourth-order valence-electron chi connectivity index (χ4n) is 3.16. The molecule has 0 fully saturated rings. The molecule has 9 heteroatoms. The summed E-state index contributed by atoms with van der Waals surface area (Å²) in [7, 11) is -1.34. The van der Waals surface area contributed by atoms with Crippen LogP contribution in [0.15, 0.2) is 100.0 Å². The first-order chi connectivity index (χ1) is 16.9. The van der Waals surface area contributed by atoms with Crippen LogP contribution in [0, 0.1) is 0 Å². The number of carbonyl (C=O) groups excluding carboxylic acids is 2. The minimum Gasteiger partial charge on any atom is -0.457 e. The van der Waals surface area contributed by atoms with E-state index >= 15 is 0 Å². The van der Waals surface area contributed by atoms with Crippen molar-refractivity contribution >= 4 is 67.5 Å². The van der Waals surface area contributed by atoms with Gasteiger partial charge in [-0.05, 0) is 32.5 Å². The maximum Gasteiger partial charge on any atom is 0.488 e. The first-order valence-corrected chi connectivity index (χ1v) is 12.1. The molecule has 0 radical (unpaired) electrons. The molecule has 0 amide bonds. The van der Waals surface area contributed by atoms with Crippen LogP contribution in [0.2, 0.25) is 0 Å². The maximum atomic E-state index is 11.9. The number of benzene rings is 3. The van der Waals surface area contributed by atoms with Crippen LogP contribution < -0.4 is 5.46 Å². The van der Waals surface area contributed by atoms with Gasteiger partial charge in [0.1, 0.15) is 17.7 Å². The summed E-state index contributed by atoms with van der Waals surface area (Å²) in [4.78, 5) is 22.3. The van der Waals surface area contributed by atoms with Gasteiger partial charge in [0, 0.05) is 5.57 Å². The lowest BCUT2D eigenvalue weighted by molar-refractivity contribution is -0.135. The molecular weight excluding hydrogens is 579 g/mol. The fourth-order valence-corrected chi connectivity index (χ4v) is 3.67. The first-order valence-electron chi connectivity index (χ1n) is 10.5. The third kappa shape index (κ3) is 7.50. The van der Waals surface area contributed by atoms with Crippen LogP contribution in [0.5, 0.6) is 0 Å². The monoisotopic (exact) mass is 598 g/mol. The second-order valence-corrected chi connectivity index (χ2v) is 8.99. The number of ether oxygens (including phenoxy) is 2. The minimum absolute atomic E-state index is 0.236. The Morgan fingerprint density at radius 3 is 1.54 bits per heavy atom. The van der Waals surface area contributed by atoms with E-state index in [1.807, 2.05) is 66.7 Å². The smallest absolute Gasteiger partial charge is 0.457 e. The average Bonchev–Trinajstić information content (AvgIpc) is 3.43. The number of carbonyl (C=O) groups is 2. The van der Waals surface area contributed by atoms with Gasteiger partial charge in [-0.25, -0.2) is 9.59 Å². The van der Waals surface area contributed by atoms with Gasteiger partial charge >= 0.3 is 19.1 Å². The van der Waals surface area contributed by atoms with Crippen molar-refractivity contribution in [2.24, 2.45) is 0 Å². The van der Waals surface area contributed by atoms with E-state index in [4.69, 9.17) is 14.8 Å². The molecule has 0 atom stereocenters. The maximum absolute atomic E-state index is 11.9. The zero-order valence-corrected chi connectivity index (χ0v) is 21.6. The second kappa shape index (κ2) is 13.2. The second-order valence-electron chi connectivity index (χ2n) is 7.24. The van der Waals surface area contributed by atoms with E-state index in [0.717, 1.165) is 21.2 Å². The van der Waals surface area contributed by atoms with Crippen LogP contribution in [0.1, 0.15) is 11.1 Å². The lowest BCUT2D eigenvalue weighted by atomic mass is 9.81. The van der Waals surface area contributed by atoms with Gasteiger partial charge in [-0.3, -0.25) is 0 Å². The predicted octanol–water partition coefficient (Wildman–Crippen LogP) is 4.07. The van der Waals surface area contributed by atoms with Crippen LogP contribution in [0.4, 0.5) is 0 Å².